The quantitative estimate of drug-likeness (QED) is 0.793. The molecule has 2 rings (SSSR count). The summed E-state index contributed by atoms with van der Waals surface area (Å²) >= 11 is 0. The molecule has 0 aliphatic rings. The molecule has 1 aromatic carbocycles. The van der Waals surface area contributed by atoms with E-state index in [-0.39, 0.29) is 12.1 Å². The summed E-state index contributed by atoms with van der Waals surface area (Å²) in [5.41, 5.74) is -0.150. The SMILES string of the molecule is Cc1cnc(=O)n(CC(=O)c2ccc(F)cc2F)c1. The monoisotopic (exact) mass is 264 g/mol. The zero-order valence-corrected chi connectivity index (χ0v) is 10.1. The largest absolute Gasteiger partial charge is 0.347 e. The Morgan fingerprint density at radius 2 is 2.11 bits per heavy atom. The van der Waals surface area contributed by atoms with Crippen LogP contribution in [0.3, 0.4) is 0 Å². The van der Waals surface area contributed by atoms with E-state index in [9.17, 15) is 18.4 Å². The Morgan fingerprint density at radius 1 is 1.37 bits per heavy atom. The first-order chi connectivity index (χ1) is 8.97. The highest BCUT2D eigenvalue weighted by Crippen LogP contribution is 2.10. The summed E-state index contributed by atoms with van der Waals surface area (Å²) < 4.78 is 27.2. The second-order valence-corrected chi connectivity index (χ2v) is 4.09. The fourth-order valence-corrected chi connectivity index (χ4v) is 1.63. The number of hydrogen-bond acceptors (Lipinski definition) is 3. The topological polar surface area (TPSA) is 52.0 Å². The van der Waals surface area contributed by atoms with Gasteiger partial charge in [0.15, 0.2) is 5.78 Å². The van der Waals surface area contributed by atoms with Gasteiger partial charge in [-0.05, 0) is 24.6 Å². The molecular formula is C13H10F2N2O2. The molecule has 0 saturated carbocycles. The van der Waals surface area contributed by atoms with Crippen molar-refractivity contribution >= 4 is 5.78 Å². The molecule has 6 heteroatoms. The molecule has 0 radical (unpaired) electrons. The van der Waals surface area contributed by atoms with Crippen LogP contribution in [-0.4, -0.2) is 15.3 Å². The third-order valence-electron chi connectivity index (χ3n) is 2.53. The fraction of sp³-hybridized carbons (Fsp3) is 0.154. The van der Waals surface area contributed by atoms with Gasteiger partial charge in [-0.1, -0.05) is 0 Å². The van der Waals surface area contributed by atoms with Crippen molar-refractivity contribution in [2.45, 2.75) is 13.5 Å². The number of Topliss-reactive ketones (excluding diaryl/α,β-unsaturated/α-hetero) is 1. The Morgan fingerprint density at radius 3 is 2.79 bits per heavy atom. The molecule has 0 N–H and O–H groups in total. The maximum absolute atomic E-state index is 13.4. The molecule has 0 aliphatic heterocycles. The highest BCUT2D eigenvalue weighted by Gasteiger charge is 2.13. The Labute approximate surface area is 107 Å². The number of ketones is 1. The molecule has 1 heterocycles. The lowest BCUT2D eigenvalue weighted by Crippen LogP contribution is -2.26. The van der Waals surface area contributed by atoms with Crippen LogP contribution in [0.25, 0.3) is 0 Å². The molecule has 0 amide bonds. The normalized spacial score (nSPS) is 10.5. The van der Waals surface area contributed by atoms with Crippen LogP contribution in [0.4, 0.5) is 8.78 Å². The van der Waals surface area contributed by atoms with E-state index >= 15 is 0 Å². The molecule has 0 bridgehead atoms. The van der Waals surface area contributed by atoms with E-state index in [0.717, 1.165) is 16.7 Å². The lowest BCUT2D eigenvalue weighted by Gasteiger charge is -2.06. The Kier molecular flexibility index (Phi) is 3.50. The molecule has 0 aliphatic carbocycles. The Bertz CT molecular complexity index is 695. The molecule has 1 aromatic heterocycles. The molecule has 19 heavy (non-hydrogen) atoms. The zero-order valence-electron chi connectivity index (χ0n) is 10.1. The van der Waals surface area contributed by atoms with Crippen LogP contribution in [0.15, 0.2) is 35.4 Å². The molecule has 0 spiro atoms. The van der Waals surface area contributed by atoms with E-state index in [1.54, 1.807) is 6.92 Å². The summed E-state index contributed by atoms with van der Waals surface area (Å²) in [6, 6.07) is 2.68. The standard InChI is InChI=1S/C13H10F2N2O2/c1-8-5-16-13(19)17(6-8)7-12(18)10-3-2-9(14)4-11(10)15/h2-6H,7H2,1H3. The number of aromatic nitrogens is 2. The summed E-state index contributed by atoms with van der Waals surface area (Å²) in [4.78, 5) is 26.8. The number of aryl methyl sites for hydroxylation is 1. The van der Waals surface area contributed by atoms with Gasteiger partial charge in [0.2, 0.25) is 0 Å². The van der Waals surface area contributed by atoms with E-state index in [1.165, 1.54) is 12.4 Å². The van der Waals surface area contributed by atoms with Crippen molar-refractivity contribution in [3.63, 3.8) is 0 Å². The minimum atomic E-state index is -0.946. The van der Waals surface area contributed by atoms with Crippen molar-refractivity contribution in [1.29, 1.82) is 0 Å². The van der Waals surface area contributed by atoms with Crippen LogP contribution >= 0.6 is 0 Å². The van der Waals surface area contributed by atoms with E-state index < -0.39 is 23.1 Å². The van der Waals surface area contributed by atoms with Gasteiger partial charge in [0, 0.05) is 18.5 Å². The van der Waals surface area contributed by atoms with E-state index in [1.807, 2.05) is 0 Å². The van der Waals surface area contributed by atoms with Gasteiger partial charge >= 0.3 is 5.69 Å². The van der Waals surface area contributed by atoms with Crippen molar-refractivity contribution in [3.8, 4) is 0 Å². The highest BCUT2D eigenvalue weighted by molar-refractivity contribution is 5.96. The molecule has 0 atom stereocenters. The van der Waals surface area contributed by atoms with Crippen LogP contribution < -0.4 is 5.69 Å². The third kappa shape index (κ3) is 2.90. The average molecular weight is 264 g/mol. The third-order valence-corrected chi connectivity index (χ3v) is 2.53. The maximum Gasteiger partial charge on any atom is 0.347 e. The highest BCUT2D eigenvalue weighted by atomic mass is 19.1. The average Bonchev–Trinajstić information content (AvgIpc) is 2.33. The van der Waals surface area contributed by atoms with E-state index in [4.69, 9.17) is 0 Å². The summed E-state index contributed by atoms with van der Waals surface area (Å²) in [6.45, 7) is 1.38. The summed E-state index contributed by atoms with van der Waals surface area (Å²) in [5, 5.41) is 0. The van der Waals surface area contributed by atoms with Gasteiger partial charge in [-0.3, -0.25) is 9.36 Å². The van der Waals surface area contributed by atoms with Crippen molar-refractivity contribution in [2.75, 3.05) is 0 Å². The summed E-state index contributed by atoms with van der Waals surface area (Å²) in [7, 11) is 0. The Hall–Kier alpha value is -2.37. The second kappa shape index (κ2) is 5.09. The molecule has 0 fully saturated rings. The molecule has 4 nitrogen and oxygen atoms in total. The van der Waals surface area contributed by atoms with Crippen LogP contribution in [-0.2, 0) is 6.54 Å². The smallest absolute Gasteiger partial charge is 0.292 e. The van der Waals surface area contributed by atoms with Crippen LogP contribution in [0.2, 0.25) is 0 Å². The number of rotatable bonds is 3. The number of halogens is 2. The number of nitrogens with zero attached hydrogens (tertiary/aromatic N) is 2. The van der Waals surface area contributed by atoms with Gasteiger partial charge < -0.3 is 0 Å². The molecular weight excluding hydrogens is 254 g/mol. The maximum atomic E-state index is 13.4. The van der Waals surface area contributed by atoms with Gasteiger partial charge in [-0.15, -0.1) is 0 Å². The fourth-order valence-electron chi connectivity index (χ4n) is 1.63. The molecule has 0 saturated heterocycles. The van der Waals surface area contributed by atoms with E-state index in [0.29, 0.717) is 11.6 Å². The van der Waals surface area contributed by atoms with Crippen molar-refractivity contribution in [1.82, 2.24) is 9.55 Å². The summed E-state index contributed by atoms with van der Waals surface area (Å²) in [5.74, 6) is -2.32. The van der Waals surface area contributed by atoms with Crippen LogP contribution in [0.1, 0.15) is 15.9 Å². The summed E-state index contributed by atoms with van der Waals surface area (Å²) in [6.07, 6.45) is 2.83. The van der Waals surface area contributed by atoms with E-state index in [2.05, 4.69) is 4.98 Å². The minimum absolute atomic E-state index is 0.255. The molecule has 2 aromatic rings. The molecule has 98 valence electrons. The lowest BCUT2D eigenvalue weighted by atomic mass is 10.1. The number of carbonyl (C=O) groups is 1. The van der Waals surface area contributed by atoms with Gasteiger partial charge in [0.25, 0.3) is 0 Å². The van der Waals surface area contributed by atoms with Crippen LogP contribution in [0.5, 0.6) is 0 Å². The first kappa shape index (κ1) is 13.1. The minimum Gasteiger partial charge on any atom is -0.292 e. The van der Waals surface area contributed by atoms with Gasteiger partial charge in [0.05, 0.1) is 12.1 Å². The van der Waals surface area contributed by atoms with Crippen molar-refractivity contribution in [2.24, 2.45) is 0 Å². The zero-order chi connectivity index (χ0) is 14.0. The van der Waals surface area contributed by atoms with Gasteiger partial charge in [-0.25, -0.2) is 18.6 Å². The lowest BCUT2D eigenvalue weighted by molar-refractivity contribution is 0.0966. The predicted octanol–water partition coefficient (Wildman–Crippen LogP) is 1.71. The Balaban J connectivity index is 2.31. The number of carbonyl (C=O) groups excluding carboxylic acids is 1. The van der Waals surface area contributed by atoms with Crippen LogP contribution in [0, 0.1) is 18.6 Å². The first-order valence-corrected chi connectivity index (χ1v) is 5.48. The second-order valence-electron chi connectivity index (χ2n) is 4.09. The number of hydrogen-bond donors (Lipinski definition) is 0. The van der Waals surface area contributed by atoms with Crippen molar-refractivity contribution in [3.05, 3.63) is 63.8 Å². The predicted molar refractivity (Wildman–Crippen MR) is 63.9 cm³/mol. The van der Waals surface area contributed by atoms with Gasteiger partial charge in [0.1, 0.15) is 11.6 Å². The first-order valence-electron chi connectivity index (χ1n) is 5.48. The van der Waals surface area contributed by atoms with Crippen molar-refractivity contribution < 1.29 is 13.6 Å². The molecule has 0 unspecified atom stereocenters. The number of benzene rings is 1. The van der Waals surface area contributed by atoms with Gasteiger partial charge in [-0.2, -0.15) is 0 Å².